The summed E-state index contributed by atoms with van der Waals surface area (Å²) in [5, 5.41) is 18.7. The maximum Gasteiger partial charge on any atom is 0.226 e. The molecule has 0 radical (unpaired) electrons. The average Bonchev–Trinajstić information content (AvgIpc) is 2.70. The van der Waals surface area contributed by atoms with E-state index in [1.54, 1.807) is 24.3 Å². The van der Waals surface area contributed by atoms with Gasteiger partial charge in [0.1, 0.15) is 5.75 Å². The number of likely N-dealkylation sites (tertiary alicyclic amines) is 1. The average molecular weight is 266 g/mol. The van der Waals surface area contributed by atoms with Crippen molar-refractivity contribution in [2.75, 3.05) is 25.4 Å². The van der Waals surface area contributed by atoms with Gasteiger partial charge in [0.25, 0.3) is 0 Å². The lowest BCUT2D eigenvalue weighted by Crippen LogP contribution is -2.30. The van der Waals surface area contributed by atoms with Crippen molar-refractivity contribution in [2.24, 2.45) is 0 Å². The highest BCUT2D eigenvalue weighted by Crippen LogP contribution is 2.15. The van der Waals surface area contributed by atoms with Gasteiger partial charge in [-0.15, -0.1) is 0 Å². The van der Waals surface area contributed by atoms with Gasteiger partial charge in [-0.25, -0.2) is 0 Å². The van der Waals surface area contributed by atoms with Gasteiger partial charge in [-0.3, -0.25) is 4.79 Å². The molecule has 1 amide bonds. The lowest BCUT2D eigenvalue weighted by atomic mass is 10.3. The zero-order chi connectivity index (χ0) is 13.8. The lowest BCUT2D eigenvalue weighted by molar-refractivity contribution is -0.131. The molecule has 6 nitrogen and oxygen atoms in total. The first-order valence-corrected chi connectivity index (χ1v) is 6.18. The molecule has 0 spiro atoms. The molecule has 1 aromatic carbocycles. The topological polar surface area (TPSA) is 96.0 Å². The molecule has 1 saturated heterocycles. The van der Waals surface area contributed by atoms with E-state index in [0.717, 1.165) is 0 Å². The van der Waals surface area contributed by atoms with Gasteiger partial charge in [0.15, 0.2) is 0 Å². The third-order valence-electron chi connectivity index (χ3n) is 3.05. The molecular weight excluding hydrogens is 248 g/mol. The minimum atomic E-state index is -0.848. The van der Waals surface area contributed by atoms with E-state index in [2.05, 4.69) is 0 Å². The minimum Gasteiger partial charge on any atom is -0.493 e. The van der Waals surface area contributed by atoms with E-state index in [4.69, 9.17) is 10.5 Å². The predicted molar refractivity (Wildman–Crippen MR) is 69.6 cm³/mol. The van der Waals surface area contributed by atoms with Crippen molar-refractivity contribution >= 4 is 11.6 Å². The van der Waals surface area contributed by atoms with Gasteiger partial charge in [0.05, 0.1) is 25.2 Å². The predicted octanol–water partition coefficient (Wildman–Crippen LogP) is -0.398. The summed E-state index contributed by atoms with van der Waals surface area (Å²) in [6, 6.07) is 6.99. The number of β-amino-alcohol motifs (C(OH)–C–C–N with tert-alkyl or cyclic N) is 2. The molecule has 1 aromatic rings. The Morgan fingerprint density at radius 3 is 2.68 bits per heavy atom. The van der Waals surface area contributed by atoms with Crippen LogP contribution in [-0.4, -0.2) is 52.9 Å². The normalized spacial score (nSPS) is 22.5. The number of ether oxygens (including phenoxy) is 1. The number of nitrogens with two attached hydrogens (primary N) is 1. The van der Waals surface area contributed by atoms with E-state index in [-0.39, 0.29) is 32.0 Å². The van der Waals surface area contributed by atoms with E-state index < -0.39 is 12.2 Å². The third-order valence-corrected chi connectivity index (χ3v) is 3.05. The van der Waals surface area contributed by atoms with Crippen molar-refractivity contribution in [2.45, 2.75) is 18.6 Å². The van der Waals surface area contributed by atoms with E-state index >= 15 is 0 Å². The first-order valence-electron chi connectivity index (χ1n) is 6.18. The number of aliphatic hydroxyl groups excluding tert-OH is 2. The molecule has 2 rings (SSSR count). The fourth-order valence-corrected chi connectivity index (χ4v) is 1.99. The maximum atomic E-state index is 11.8. The number of anilines is 1. The largest absolute Gasteiger partial charge is 0.493 e. The second kappa shape index (κ2) is 5.90. The third kappa shape index (κ3) is 3.59. The van der Waals surface area contributed by atoms with Crippen molar-refractivity contribution in [3.63, 3.8) is 0 Å². The number of nitrogen functional groups attached to an aromatic ring is 1. The maximum absolute atomic E-state index is 11.8. The summed E-state index contributed by atoms with van der Waals surface area (Å²) in [6.45, 7) is 0.599. The second-order valence-corrected chi connectivity index (χ2v) is 4.60. The standard InChI is InChI=1S/C13H18N2O4/c14-9-2-1-3-10(6-9)19-5-4-13(18)15-7-11(16)12(17)8-15/h1-3,6,11-12,16-17H,4-5,7-8,14H2/t11-,12+. The summed E-state index contributed by atoms with van der Waals surface area (Å²) < 4.78 is 5.42. The first-order chi connectivity index (χ1) is 9.06. The molecule has 1 aliphatic rings. The quantitative estimate of drug-likeness (QED) is 0.645. The summed E-state index contributed by atoms with van der Waals surface area (Å²) >= 11 is 0. The van der Waals surface area contributed by atoms with E-state index in [1.165, 1.54) is 4.90 Å². The SMILES string of the molecule is Nc1cccc(OCCC(=O)N2C[C@@H](O)[C@@H](O)C2)c1. The molecule has 6 heteroatoms. The van der Waals surface area contributed by atoms with Gasteiger partial charge in [0, 0.05) is 24.8 Å². The smallest absolute Gasteiger partial charge is 0.226 e. The number of rotatable bonds is 4. The highest BCUT2D eigenvalue weighted by atomic mass is 16.5. The molecule has 0 aliphatic carbocycles. The zero-order valence-corrected chi connectivity index (χ0v) is 10.5. The van der Waals surface area contributed by atoms with Crippen LogP contribution in [0.2, 0.25) is 0 Å². The van der Waals surface area contributed by atoms with Crippen LogP contribution in [0.4, 0.5) is 5.69 Å². The Labute approximate surface area is 111 Å². The summed E-state index contributed by atoms with van der Waals surface area (Å²) in [5.41, 5.74) is 6.22. The minimum absolute atomic E-state index is 0.139. The fourth-order valence-electron chi connectivity index (χ4n) is 1.99. The van der Waals surface area contributed by atoms with Gasteiger partial charge >= 0.3 is 0 Å². The monoisotopic (exact) mass is 266 g/mol. The molecule has 19 heavy (non-hydrogen) atoms. The van der Waals surface area contributed by atoms with Crippen LogP contribution in [-0.2, 0) is 4.79 Å². The number of carbonyl (C=O) groups excluding carboxylic acids is 1. The summed E-state index contributed by atoms with van der Waals surface area (Å²) in [7, 11) is 0. The Hall–Kier alpha value is -1.79. The van der Waals surface area contributed by atoms with E-state index in [0.29, 0.717) is 11.4 Å². The Morgan fingerprint density at radius 1 is 1.37 bits per heavy atom. The van der Waals surface area contributed by atoms with Crippen molar-refractivity contribution in [1.29, 1.82) is 0 Å². The van der Waals surface area contributed by atoms with Crippen LogP contribution in [0.3, 0.4) is 0 Å². The van der Waals surface area contributed by atoms with Crippen LogP contribution in [0.25, 0.3) is 0 Å². The molecule has 2 atom stereocenters. The van der Waals surface area contributed by atoms with Crippen LogP contribution in [0.15, 0.2) is 24.3 Å². The van der Waals surface area contributed by atoms with Crippen molar-refractivity contribution < 1.29 is 19.7 Å². The van der Waals surface area contributed by atoms with Crippen molar-refractivity contribution in [3.8, 4) is 5.75 Å². The Morgan fingerprint density at radius 2 is 2.05 bits per heavy atom. The highest BCUT2D eigenvalue weighted by Gasteiger charge is 2.32. The number of nitrogens with zero attached hydrogens (tertiary/aromatic N) is 1. The molecule has 0 bridgehead atoms. The molecule has 104 valence electrons. The van der Waals surface area contributed by atoms with Gasteiger partial charge in [-0.2, -0.15) is 0 Å². The van der Waals surface area contributed by atoms with Gasteiger partial charge in [0.2, 0.25) is 5.91 Å². The number of hydrogen-bond donors (Lipinski definition) is 3. The Balaban J connectivity index is 1.75. The fraction of sp³-hybridized carbons (Fsp3) is 0.462. The number of aliphatic hydroxyl groups is 2. The number of benzene rings is 1. The van der Waals surface area contributed by atoms with Crippen LogP contribution in [0, 0.1) is 0 Å². The summed E-state index contributed by atoms with van der Waals surface area (Å²) in [4.78, 5) is 13.2. The molecule has 0 saturated carbocycles. The zero-order valence-electron chi connectivity index (χ0n) is 10.5. The van der Waals surface area contributed by atoms with Gasteiger partial charge in [-0.1, -0.05) is 6.07 Å². The molecule has 4 N–H and O–H groups in total. The van der Waals surface area contributed by atoms with E-state index in [9.17, 15) is 15.0 Å². The molecule has 1 fully saturated rings. The highest BCUT2D eigenvalue weighted by molar-refractivity contribution is 5.76. The van der Waals surface area contributed by atoms with Crippen LogP contribution >= 0.6 is 0 Å². The number of carbonyl (C=O) groups is 1. The Kier molecular flexibility index (Phi) is 4.24. The molecule has 1 aliphatic heterocycles. The molecule has 0 aromatic heterocycles. The van der Waals surface area contributed by atoms with Gasteiger partial charge in [-0.05, 0) is 12.1 Å². The second-order valence-electron chi connectivity index (χ2n) is 4.60. The Bertz CT molecular complexity index is 442. The van der Waals surface area contributed by atoms with Crippen molar-refractivity contribution in [1.82, 2.24) is 4.90 Å². The summed E-state index contributed by atoms with van der Waals surface area (Å²) in [5.74, 6) is 0.480. The number of amides is 1. The first kappa shape index (κ1) is 13.6. The van der Waals surface area contributed by atoms with Crippen LogP contribution in [0.5, 0.6) is 5.75 Å². The molecular formula is C13H18N2O4. The van der Waals surface area contributed by atoms with E-state index in [1.807, 2.05) is 0 Å². The van der Waals surface area contributed by atoms with Crippen LogP contribution in [0.1, 0.15) is 6.42 Å². The van der Waals surface area contributed by atoms with Crippen molar-refractivity contribution in [3.05, 3.63) is 24.3 Å². The van der Waals surface area contributed by atoms with Crippen LogP contribution < -0.4 is 10.5 Å². The molecule has 1 heterocycles. The lowest BCUT2D eigenvalue weighted by Gasteiger charge is -2.15. The number of hydrogen-bond acceptors (Lipinski definition) is 5. The molecule has 0 unspecified atom stereocenters. The van der Waals surface area contributed by atoms with Gasteiger partial charge < -0.3 is 25.6 Å². The summed E-state index contributed by atoms with van der Waals surface area (Å²) in [6.07, 6.45) is -1.49.